The van der Waals surface area contributed by atoms with Crippen LogP contribution in [0.3, 0.4) is 0 Å². The van der Waals surface area contributed by atoms with Gasteiger partial charge in [-0.15, -0.1) is 0 Å². The molecule has 66 heavy (non-hydrogen) atoms. The van der Waals surface area contributed by atoms with E-state index in [2.05, 4.69) is 43.5 Å². The number of carbonyl (C=O) groups excluding carboxylic acids is 1. The third-order valence-corrected chi connectivity index (χ3v) is 14.1. The number of rotatable bonds is 45. The van der Waals surface area contributed by atoms with Crippen LogP contribution in [0.5, 0.6) is 0 Å². The maximum Gasteiger partial charge on any atom is 0.472 e. The lowest BCUT2D eigenvalue weighted by atomic mass is 9.85. The molecule has 1 aliphatic rings. The molecule has 1 amide bonds. The van der Waals surface area contributed by atoms with E-state index in [1.807, 2.05) is 0 Å². The first kappa shape index (κ1) is 62.8. The van der Waals surface area contributed by atoms with Crippen LogP contribution in [-0.2, 0) is 18.4 Å². The first-order chi connectivity index (χ1) is 31.8. The quantitative estimate of drug-likeness (QED) is 0.0158. The molecule has 14 heteroatoms. The summed E-state index contributed by atoms with van der Waals surface area (Å²) in [6, 6.07) is -1.16. The van der Waals surface area contributed by atoms with Crippen LogP contribution >= 0.6 is 7.82 Å². The number of aliphatic hydroxyl groups excluding tert-OH is 7. The Kier molecular flexibility index (Phi) is 39.5. The Morgan fingerprint density at radius 1 is 0.530 bits per heavy atom. The summed E-state index contributed by atoms with van der Waals surface area (Å²) in [5.74, 6) is -0.562. The molecular weight excluding hydrogens is 862 g/mol. The predicted molar refractivity (Wildman–Crippen MR) is 266 cm³/mol. The second kappa shape index (κ2) is 41.6. The Balaban J connectivity index is 2.44. The second-order valence-electron chi connectivity index (χ2n) is 19.3. The van der Waals surface area contributed by atoms with Crippen LogP contribution in [0.25, 0.3) is 0 Å². The fraction of sp³-hybridized carbons (Fsp3) is 0.904. The first-order valence-corrected chi connectivity index (χ1v) is 28.4. The number of aliphatic hydroxyl groups is 7. The van der Waals surface area contributed by atoms with Crippen molar-refractivity contribution >= 4 is 13.7 Å². The van der Waals surface area contributed by atoms with Crippen LogP contribution in [0.4, 0.5) is 0 Å². The highest BCUT2D eigenvalue weighted by Gasteiger charge is 2.51. The zero-order valence-corrected chi connectivity index (χ0v) is 42.5. The number of nitrogens with one attached hydrogen (secondary N) is 1. The number of carbonyl (C=O) groups is 1. The Morgan fingerprint density at radius 3 is 1.32 bits per heavy atom. The lowest BCUT2D eigenvalue weighted by Crippen LogP contribution is -2.64. The summed E-state index contributed by atoms with van der Waals surface area (Å²) in [4.78, 5) is 23.6. The van der Waals surface area contributed by atoms with Crippen molar-refractivity contribution in [3.63, 3.8) is 0 Å². The fourth-order valence-electron chi connectivity index (χ4n) is 8.71. The minimum Gasteiger partial charge on any atom is -0.393 e. The average Bonchev–Trinajstić information content (AvgIpc) is 3.29. The molecule has 0 aromatic heterocycles. The minimum atomic E-state index is -5.12. The van der Waals surface area contributed by atoms with E-state index >= 15 is 0 Å². The van der Waals surface area contributed by atoms with Gasteiger partial charge in [0.15, 0.2) is 0 Å². The number of amides is 1. The molecule has 1 aliphatic carbocycles. The van der Waals surface area contributed by atoms with Crippen molar-refractivity contribution in [1.29, 1.82) is 0 Å². The third-order valence-electron chi connectivity index (χ3n) is 13.1. The molecule has 0 aromatic rings. The van der Waals surface area contributed by atoms with E-state index in [-0.39, 0.29) is 12.8 Å². The molecule has 0 radical (unpaired) electrons. The van der Waals surface area contributed by atoms with Crippen LogP contribution < -0.4 is 5.32 Å². The topological polar surface area (TPSA) is 226 Å². The molecule has 8 unspecified atom stereocenters. The summed E-state index contributed by atoms with van der Waals surface area (Å²) in [6.07, 6.45) is 33.5. The molecule has 0 aliphatic heterocycles. The lowest BCUT2D eigenvalue weighted by molar-refractivity contribution is -0.220. The van der Waals surface area contributed by atoms with Gasteiger partial charge in [0.2, 0.25) is 5.91 Å². The molecule has 1 saturated carbocycles. The molecular formula is C52H100NO12P. The van der Waals surface area contributed by atoms with Gasteiger partial charge in [-0.25, -0.2) is 4.57 Å². The smallest absolute Gasteiger partial charge is 0.393 e. The molecule has 8 atom stereocenters. The van der Waals surface area contributed by atoms with Crippen molar-refractivity contribution < 1.29 is 59.0 Å². The summed E-state index contributed by atoms with van der Waals surface area (Å²) in [6.45, 7) is 3.79. The van der Waals surface area contributed by atoms with E-state index in [0.29, 0.717) is 12.8 Å². The summed E-state index contributed by atoms with van der Waals surface area (Å²) >= 11 is 0. The molecule has 0 bridgehead atoms. The predicted octanol–water partition coefficient (Wildman–Crippen LogP) is 10.3. The van der Waals surface area contributed by atoms with E-state index in [4.69, 9.17) is 9.05 Å². The Labute approximate surface area is 401 Å². The zero-order chi connectivity index (χ0) is 48.7. The number of hydrogen-bond donors (Lipinski definition) is 9. The molecule has 13 nitrogen and oxygen atoms in total. The molecule has 9 N–H and O–H groups in total. The number of hydrogen-bond acceptors (Lipinski definition) is 11. The molecule has 0 saturated heterocycles. The third kappa shape index (κ3) is 32.6. The van der Waals surface area contributed by atoms with Crippen LogP contribution in [0.2, 0.25) is 0 Å². The maximum atomic E-state index is 13.1. The van der Waals surface area contributed by atoms with Gasteiger partial charge in [-0.1, -0.05) is 218 Å². The van der Waals surface area contributed by atoms with E-state index in [1.165, 1.54) is 135 Å². The highest BCUT2D eigenvalue weighted by atomic mass is 31.2. The summed E-state index contributed by atoms with van der Waals surface area (Å²) in [7, 11) is -5.12. The zero-order valence-electron chi connectivity index (χ0n) is 41.6. The minimum absolute atomic E-state index is 0.225. The number of phosphoric acid groups is 1. The summed E-state index contributed by atoms with van der Waals surface area (Å²) < 4.78 is 23.0. The number of allylic oxidation sites excluding steroid dienone is 4. The average molecular weight is 962 g/mol. The van der Waals surface area contributed by atoms with Crippen LogP contribution in [-0.4, -0.2) is 108 Å². The van der Waals surface area contributed by atoms with Crippen molar-refractivity contribution in [1.82, 2.24) is 5.32 Å². The molecule has 1 fully saturated rings. The normalized spacial score (nSPS) is 22.5. The second-order valence-corrected chi connectivity index (χ2v) is 20.7. The Bertz CT molecular complexity index is 1230. The Morgan fingerprint density at radius 2 is 0.879 bits per heavy atom. The van der Waals surface area contributed by atoms with Crippen LogP contribution in [0.15, 0.2) is 24.3 Å². The van der Waals surface area contributed by atoms with Crippen molar-refractivity contribution in [2.24, 2.45) is 0 Å². The summed E-state index contributed by atoms with van der Waals surface area (Å²) in [5.41, 5.74) is 0. The maximum absolute atomic E-state index is 13.1. The van der Waals surface area contributed by atoms with Crippen molar-refractivity contribution in [2.45, 2.75) is 293 Å². The van der Waals surface area contributed by atoms with E-state index in [9.17, 15) is 50.0 Å². The van der Waals surface area contributed by atoms with Gasteiger partial charge in [-0.05, 0) is 38.5 Å². The molecule has 390 valence electrons. The monoisotopic (exact) mass is 962 g/mol. The number of unbranched alkanes of at least 4 members (excludes halogenated alkanes) is 29. The van der Waals surface area contributed by atoms with Gasteiger partial charge >= 0.3 is 7.82 Å². The highest BCUT2D eigenvalue weighted by Crippen LogP contribution is 2.47. The van der Waals surface area contributed by atoms with Crippen LogP contribution in [0.1, 0.15) is 239 Å². The van der Waals surface area contributed by atoms with Gasteiger partial charge in [0.25, 0.3) is 0 Å². The lowest BCUT2D eigenvalue weighted by Gasteiger charge is -2.41. The SMILES string of the molecule is CCCCC/C=C\C=C/CCCCCCCCCCC(O)CC(=O)NC(COP(=O)(O)OC1C(O)C(O)C(O)C(O)C1O)C(O)CCCCCCCCCCCCCCCCCCCCC. The summed E-state index contributed by atoms with van der Waals surface area (Å²) in [5, 5.41) is 74.9. The van der Waals surface area contributed by atoms with E-state index < -0.39 is 75.2 Å². The molecule has 1 rings (SSSR count). The van der Waals surface area contributed by atoms with Crippen molar-refractivity contribution in [2.75, 3.05) is 6.61 Å². The van der Waals surface area contributed by atoms with Gasteiger partial charge in [0.05, 0.1) is 31.3 Å². The van der Waals surface area contributed by atoms with E-state index in [1.54, 1.807) is 0 Å². The number of phosphoric ester groups is 1. The first-order valence-electron chi connectivity index (χ1n) is 26.9. The molecule has 0 spiro atoms. The van der Waals surface area contributed by atoms with Gasteiger partial charge < -0.3 is 46.0 Å². The molecule has 0 aromatic carbocycles. The molecule has 0 heterocycles. The van der Waals surface area contributed by atoms with Crippen molar-refractivity contribution in [3.8, 4) is 0 Å². The largest absolute Gasteiger partial charge is 0.472 e. The standard InChI is InChI=1S/C52H100NO12P/c1-3-5-7-9-11-13-15-17-19-21-22-24-26-28-30-32-34-36-38-40-45(55)44(42-64-66(62,63)65-52-50(60)48(58)47(57)49(59)51(52)61)53-46(56)41-43(54)39-37-35-33-31-29-27-25-23-20-18-16-14-12-10-8-6-4-2/h12,14,16,18,43-45,47-52,54-55,57-61H,3-11,13,15,17,19-42H2,1-2H3,(H,53,56)(H,62,63)/b14-12-,18-16-. The van der Waals surface area contributed by atoms with Gasteiger partial charge in [0, 0.05) is 0 Å². The Hall–Kier alpha value is -1.22. The highest BCUT2D eigenvalue weighted by molar-refractivity contribution is 7.47. The van der Waals surface area contributed by atoms with Crippen molar-refractivity contribution in [3.05, 3.63) is 24.3 Å². The van der Waals surface area contributed by atoms with Gasteiger partial charge in [-0.2, -0.15) is 0 Å². The van der Waals surface area contributed by atoms with Gasteiger partial charge in [-0.3, -0.25) is 13.8 Å². The van der Waals surface area contributed by atoms with E-state index in [0.717, 1.165) is 64.2 Å². The fourth-order valence-corrected chi connectivity index (χ4v) is 9.68. The van der Waals surface area contributed by atoms with Gasteiger partial charge in [0.1, 0.15) is 36.6 Å². The van der Waals surface area contributed by atoms with Crippen LogP contribution in [0, 0.1) is 0 Å².